The summed E-state index contributed by atoms with van der Waals surface area (Å²) in [5.74, 6) is -1.39. The largest absolute Gasteiger partial charge is 0.481 e. The highest BCUT2D eigenvalue weighted by Crippen LogP contribution is 2.42. The molecule has 122 valence electrons. The minimum Gasteiger partial charge on any atom is -0.481 e. The van der Waals surface area contributed by atoms with Crippen LogP contribution in [0.15, 0.2) is 12.1 Å². The summed E-state index contributed by atoms with van der Waals surface area (Å²) in [5, 5.41) is 10.1. The molecule has 0 radical (unpaired) electrons. The van der Waals surface area contributed by atoms with Crippen LogP contribution in [-0.4, -0.2) is 29.0 Å². The molecule has 0 fully saturated rings. The number of carboxylic acid groups (broad SMARTS) is 1. The van der Waals surface area contributed by atoms with Crippen LogP contribution >= 0.6 is 0 Å². The van der Waals surface area contributed by atoms with Gasteiger partial charge in [-0.3, -0.25) is 4.79 Å². The zero-order chi connectivity index (χ0) is 16.6. The molecule has 0 aliphatic carbocycles. The number of ether oxygens (including phenoxy) is 1. The van der Waals surface area contributed by atoms with E-state index in [0.29, 0.717) is 42.5 Å². The van der Waals surface area contributed by atoms with Gasteiger partial charge in [-0.2, -0.15) is 0 Å². The number of aliphatic carboxylic acids is 1. The summed E-state index contributed by atoms with van der Waals surface area (Å²) in [4.78, 5) is 25.3. The van der Waals surface area contributed by atoms with Crippen molar-refractivity contribution >= 4 is 23.2 Å². The van der Waals surface area contributed by atoms with Crippen molar-refractivity contribution in [1.82, 2.24) is 4.98 Å². The first-order valence-corrected chi connectivity index (χ1v) is 7.64. The van der Waals surface area contributed by atoms with E-state index in [0.717, 1.165) is 10.9 Å². The Morgan fingerprint density at radius 3 is 2.96 bits per heavy atom. The smallest absolute Gasteiger partial charge is 0.306 e. The number of hydrogen-bond acceptors (Lipinski definition) is 3. The quantitative estimate of drug-likeness (QED) is 0.831. The van der Waals surface area contributed by atoms with Crippen LogP contribution in [0, 0.1) is 5.82 Å². The molecule has 5 nitrogen and oxygen atoms in total. The van der Waals surface area contributed by atoms with E-state index in [4.69, 9.17) is 4.74 Å². The maximum Gasteiger partial charge on any atom is 0.306 e. The Hall–Kier alpha value is -2.21. The summed E-state index contributed by atoms with van der Waals surface area (Å²) in [7, 11) is 0. The molecule has 1 aliphatic heterocycles. The second-order valence-corrected chi connectivity index (χ2v) is 5.81. The van der Waals surface area contributed by atoms with E-state index < -0.39 is 17.4 Å². The molecule has 2 N–H and O–H groups in total. The molecule has 0 spiro atoms. The predicted molar refractivity (Wildman–Crippen MR) is 81.9 cm³/mol. The number of aldehydes is 1. The van der Waals surface area contributed by atoms with Gasteiger partial charge in [0.1, 0.15) is 17.7 Å². The van der Waals surface area contributed by atoms with Crippen molar-refractivity contribution in [2.75, 3.05) is 6.61 Å². The van der Waals surface area contributed by atoms with E-state index in [-0.39, 0.29) is 12.8 Å². The van der Waals surface area contributed by atoms with Crippen molar-refractivity contribution < 1.29 is 23.8 Å². The number of halogens is 1. The lowest BCUT2D eigenvalue weighted by molar-refractivity contribution is -0.148. The number of benzene rings is 1. The molecule has 23 heavy (non-hydrogen) atoms. The lowest BCUT2D eigenvalue weighted by Gasteiger charge is -2.35. The Morgan fingerprint density at radius 2 is 2.30 bits per heavy atom. The van der Waals surface area contributed by atoms with Gasteiger partial charge in [0.15, 0.2) is 0 Å². The van der Waals surface area contributed by atoms with Gasteiger partial charge >= 0.3 is 5.97 Å². The highest BCUT2D eigenvalue weighted by Gasteiger charge is 2.41. The minimum atomic E-state index is -0.947. The molecule has 0 amide bonds. The van der Waals surface area contributed by atoms with Gasteiger partial charge in [-0.25, -0.2) is 4.39 Å². The van der Waals surface area contributed by atoms with Crippen LogP contribution in [0.3, 0.4) is 0 Å². The van der Waals surface area contributed by atoms with E-state index in [1.807, 2.05) is 6.92 Å². The number of fused-ring (bicyclic) bond motifs is 3. The number of aromatic amines is 1. The summed E-state index contributed by atoms with van der Waals surface area (Å²) < 4.78 is 19.9. The van der Waals surface area contributed by atoms with E-state index in [2.05, 4.69) is 4.98 Å². The van der Waals surface area contributed by atoms with E-state index in [1.165, 1.54) is 6.07 Å². The number of nitrogens with one attached hydrogen (secondary N) is 1. The molecule has 0 saturated carbocycles. The Labute approximate surface area is 132 Å². The SMILES string of the molecule is CCC1(CC(=O)O)OCCc2c1[nH]c1c(CC=O)c(F)ccc21. The molecule has 1 atom stereocenters. The maximum absolute atomic E-state index is 14.1. The van der Waals surface area contributed by atoms with Crippen molar-refractivity contribution in [2.45, 2.75) is 38.2 Å². The third kappa shape index (κ3) is 2.43. The van der Waals surface area contributed by atoms with Gasteiger partial charge in [0.25, 0.3) is 0 Å². The minimum absolute atomic E-state index is 0.0263. The van der Waals surface area contributed by atoms with Gasteiger partial charge in [-0.1, -0.05) is 6.92 Å². The average molecular weight is 319 g/mol. The molecule has 0 bridgehead atoms. The first-order valence-electron chi connectivity index (χ1n) is 7.64. The lowest BCUT2D eigenvalue weighted by Crippen LogP contribution is -2.37. The van der Waals surface area contributed by atoms with Crippen LogP contribution in [0.5, 0.6) is 0 Å². The summed E-state index contributed by atoms with van der Waals surface area (Å²) in [6, 6.07) is 3.04. The summed E-state index contributed by atoms with van der Waals surface area (Å²) in [5.41, 5.74) is 1.60. The van der Waals surface area contributed by atoms with Gasteiger partial charge < -0.3 is 19.6 Å². The van der Waals surface area contributed by atoms with Crippen LogP contribution in [0.1, 0.15) is 36.6 Å². The fourth-order valence-electron chi connectivity index (χ4n) is 3.49. The fraction of sp³-hybridized carbons (Fsp3) is 0.412. The highest BCUT2D eigenvalue weighted by atomic mass is 19.1. The van der Waals surface area contributed by atoms with Crippen molar-refractivity contribution in [3.63, 3.8) is 0 Å². The van der Waals surface area contributed by atoms with Crippen molar-refractivity contribution in [1.29, 1.82) is 0 Å². The molecule has 6 heteroatoms. The topological polar surface area (TPSA) is 79.4 Å². The third-order valence-electron chi connectivity index (χ3n) is 4.61. The molecular weight excluding hydrogens is 301 g/mol. The van der Waals surface area contributed by atoms with Crippen LogP contribution in [0.25, 0.3) is 10.9 Å². The summed E-state index contributed by atoms with van der Waals surface area (Å²) in [6.45, 7) is 2.29. The number of carbonyl (C=O) groups excluding carboxylic acids is 1. The van der Waals surface area contributed by atoms with Gasteiger partial charge in [0.2, 0.25) is 0 Å². The summed E-state index contributed by atoms with van der Waals surface area (Å²) >= 11 is 0. The number of carbonyl (C=O) groups is 2. The highest BCUT2D eigenvalue weighted by molar-refractivity contribution is 5.89. The number of hydrogen-bond donors (Lipinski definition) is 2. The molecule has 1 aliphatic rings. The van der Waals surface area contributed by atoms with E-state index >= 15 is 0 Å². The van der Waals surface area contributed by atoms with Gasteiger partial charge in [0.05, 0.1) is 24.2 Å². The van der Waals surface area contributed by atoms with Gasteiger partial charge in [-0.05, 0) is 30.5 Å². The molecule has 0 saturated heterocycles. The van der Waals surface area contributed by atoms with E-state index in [1.54, 1.807) is 6.07 Å². The van der Waals surface area contributed by atoms with Crippen LogP contribution in [0.2, 0.25) is 0 Å². The first kappa shape index (κ1) is 15.7. The van der Waals surface area contributed by atoms with Crippen LogP contribution < -0.4 is 0 Å². The second-order valence-electron chi connectivity index (χ2n) is 5.81. The van der Waals surface area contributed by atoms with Crippen molar-refractivity contribution in [2.24, 2.45) is 0 Å². The molecule has 2 heterocycles. The van der Waals surface area contributed by atoms with Crippen molar-refractivity contribution in [3.8, 4) is 0 Å². The normalized spacial score (nSPS) is 20.4. The number of carboxylic acids is 1. The molecule has 1 unspecified atom stereocenters. The Bertz CT molecular complexity index is 782. The van der Waals surface area contributed by atoms with E-state index in [9.17, 15) is 19.1 Å². The fourth-order valence-corrected chi connectivity index (χ4v) is 3.49. The zero-order valence-electron chi connectivity index (χ0n) is 12.8. The summed E-state index contributed by atoms with van der Waals surface area (Å²) in [6.07, 6.45) is 1.60. The lowest BCUT2D eigenvalue weighted by atomic mass is 9.86. The molecule has 3 rings (SSSR count). The number of aromatic nitrogens is 1. The zero-order valence-corrected chi connectivity index (χ0v) is 12.8. The average Bonchev–Trinajstić information content (AvgIpc) is 2.90. The number of H-pyrrole nitrogens is 1. The Kier molecular flexibility index (Phi) is 3.93. The maximum atomic E-state index is 14.1. The second kappa shape index (κ2) is 5.77. The molecule has 2 aromatic rings. The molecular formula is C17H18FNO4. The number of rotatable bonds is 5. The monoisotopic (exact) mass is 319 g/mol. The Balaban J connectivity index is 2.26. The van der Waals surface area contributed by atoms with Crippen molar-refractivity contribution in [3.05, 3.63) is 34.8 Å². The van der Waals surface area contributed by atoms with Gasteiger partial charge in [0, 0.05) is 17.4 Å². The molecule has 1 aromatic carbocycles. The third-order valence-corrected chi connectivity index (χ3v) is 4.61. The first-order chi connectivity index (χ1) is 11.0. The van der Waals surface area contributed by atoms with Gasteiger partial charge in [-0.15, -0.1) is 0 Å². The van der Waals surface area contributed by atoms with Crippen LogP contribution in [0.4, 0.5) is 4.39 Å². The van der Waals surface area contributed by atoms with Crippen LogP contribution in [-0.2, 0) is 32.8 Å². The Morgan fingerprint density at radius 1 is 1.52 bits per heavy atom. The molecule has 1 aromatic heterocycles. The standard InChI is InChI=1S/C17H18FNO4/c1-2-17(9-14(21)22)16-11(6-8-23-17)10-3-4-13(18)12(5-7-20)15(10)19-16/h3-4,7,19H,2,5-6,8-9H2,1H3,(H,21,22). The predicted octanol–water partition coefficient (Wildman–Crippen LogP) is 2.70.